The summed E-state index contributed by atoms with van der Waals surface area (Å²) in [7, 11) is 0.0749. The van der Waals surface area contributed by atoms with E-state index < -0.39 is 8.32 Å². The van der Waals surface area contributed by atoms with Gasteiger partial charge in [-0.2, -0.15) is 0 Å². The Morgan fingerprint density at radius 2 is 1.80 bits per heavy atom. The average Bonchev–Trinajstić information content (AvgIpc) is 2.52. The van der Waals surface area contributed by atoms with Crippen molar-refractivity contribution < 1.29 is 4.43 Å². The number of nitrogens with zero attached hydrogens (tertiary/aromatic N) is 2. The first-order valence-electron chi connectivity index (χ1n) is 9.04. The molecule has 25 heavy (non-hydrogen) atoms. The zero-order chi connectivity index (χ0) is 19.1. The highest BCUT2D eigenvalue weighted by molar-refractivity contribution is 6.74. The summed E-state index contributed by atoms with van der Waals surface area (Å²) in [5.74, 6) is 0.533. The zero-order valence-corrected chi connectivity index (χ0v) is 18.0. The van der Waals surface area contributed by atoms with Crippen LogP contribution in [0.4, 0.5) is 0 Å². The van der Waals surface area contributed by atoms with Crippen LogP contribution in [0.2, 0.25) is 18.1 Å². The number of hydrogen-bond acceptors (Lipinski definition) is 3. The lowest BCUT2D eigenvalue weighted by atomic mass is 10.1. The fraction of sp³-hybridized carbons (Fsp3) is 0.600. The van der Waals surface area contributed by atoms with Crippen molar-refractivity contribution in [2.24, 2.45) is 15.7 Å². The molecule has 0 saturated carbocycles. The van der Waals surface area contributed by atoms with Gasteiger partial charge in [0.1, 0.15) is 5.84 Å². The first-order chi connectivity index (χ1) is 11.6. The Bertz CT molecular complexity index is 589. The molecule has 0 fully saturated rings. The number of benzene rings is 1. The molecule has 0 amide bonds. The molecule has 0 radical (unpaired) electrons. The molecule has 140 valence electrons. The van der Waals surface area contributed by atoms with Crippen molar-refractivity contribution in [2.45, 2.75) is 64.7 Å². The average molecular weight is 362 g/mol. The van der Waals surface area contributed by atoms with Gasteiger partial charge in [-0.1, -0.05) is 51.1 Å². The van der Waals surface area contributed by atoms with Crippen LogP contribution in [-0.2, 0) is 10.8 Å². The lowest BCUT2D eigenvalue weighted by Crippen LogP contribution is -2.41. The molecule has 1 aromatic carbocycles. The summed E-state index contributed by atoms with van der Waals surface area (Å²) < 4.78 is 6.23. The molecule has 1 aromatic rings. The number of hydrogen-bond donors (Lipinski definition) is 1. The standard InChI is InChI=1S/C20H35N3OSi/c1-16(13-14-24-25(6,7)20(2,3)4)23-19(21)18(22-5)15-17-11-9-8-10-12-17/h8-12,16H,13-15H2,1-7H3,(H2,21,23)/t16-/m1/s1. The van der Waals surface area contributed by atoms with E-state index in [0.29, 0.717) is 12.3 Å². The second kappa shape index (κ2) is 9.29. The predicted octanol–water partition coefficient (Wildman–Crippen LogP) is 4.46. The molecule has 5 heteroatoms. The van der Waals surface area contributed by atoms with Gasteiger partial charge >= 0.3 is 0 Å². The molecule has 0 aliphatic heterocycles. The molecule has 4 nitrogen and oxygen atoms in total. The van der Waals surface area contributed by atoms with Gasteiger partial charge in [-0.05, 0) is 37.0 Å². The van der Waals surface area contributed by atoms with Crippen LogP contribution < -0.4 is 5.73 Å². The molecule has 0 bridgehead atoms. The lowest BCUT2D eigenvalue weighted by molar-refractivity contribution is 0.274. The summed E-state index contributed by atoms with van der Waals surface area (Å²) >= 11 is 0. The SMILES string of the molecule is CN=C(Cc1ccccc1)C(N)=N[C@H](C)CCO[Si](C)(C)C(C)(C)C. The third kappa shape index (κ3) is 7.12. The Morgan fingerprint density at radius 3 is 2.32 bits per heavy atom. The molecular formula is C20H35N3OSi. The Kier molecular flexibility index (Phi) is 8.02. The number of aliphatic imine (C=N–C) groups is 2. The molecule has 0 aliphatic rings. The van der Waals surface area contributed by atoms with Gasteiger partial charge in [0.2, 0.25) is 0 Å². The zero-order valence-electron chi connectivity index (χ0n) is 17.0. The highest BCUT2D eigenvalue weighted by Gasteiger charge is 2.36. The Labute approximate surface area is 154 Å². The van der Waals surface area contributed by atoms with Gasteiger partial charge < -0.3 is 10.2 Å². The molecule has 1 rings (SSSR count). The molecule has 0 unspecified atom stereocenters. The summed E-state index contributed by atoms with van der Waals surface area (Å²) in [4.78, 5) is 8.95. The third-order valence-corrected chi connectivity index (χ3v) is 9.48. The molecule has 0 spiro atoms. The Morgan fingerprint density at radius 1 is 1.20 bits per heavy atom. The lowest BCUT2D eigenvalue weighted by Gasteiger charge is -2.36. The van der Waals surface area contributed by atoms with Crippen LogP contribution in [0.15, 0.2) is 40.3 Å². The van der Waals surface area contributed by atoms with Gasteiger partial charge in [0, 0.05) is 20.1 Å². The number of rotatable bonds is 8. The van der Waals surface area contributed by atoms with Crippen molar-refractivity contribution in [3.05, 3.63) is 35.9 Å². The van der Waals surface area contributed by atoms with Crippen molar-refractivity contribution in [1.82, 2.24) is 0 Å². The minimum Gasteiger partial charge on any atom is -0.417 e. The van der Waals surface area contributed by atoms with Crippen LogP contribution in [0.5, 0.6) is 0 Å². The van der Waals surface area contributed by atoms with E-state index in [-0.39, 0.29) is 11.1 Å². The minimum atomic E-state index is -1.69. The van der Waals surface area contributed by atoms with Crippen molar-refractivity contribution in [3.63, 3.8) is 0 Å². The summed E-state index contributed by atoms with van der Waals surface area (Å²) in [6.07, 6.45) is 1.58. The normalized spacial score (nSPS) is 15.3. The van der Waals surface area contributed by atoms with E-state index in [1.165, 1.54) is 5.56 Å². The van der Waals surface area contributed by atoms with Crippen molar-refractivity contribution in [2.75, 3.05) is 13.7 Å². The summed E-state index contributed by atoms with van der Waals surface area (Å²) in [5.41, 5.74) is 8.22. The first kappa shape index (κ1) is 21.6. The van der Waals surface area contributed by atoms with Crippen molar-refractivity contribution >= 4 is 19.9 Å². The molecular weight excluding hydrogens is 326 g/mol. The van der Waals surface area contributed by atoms with E-state index in [9.17, 15) is 0 Å². The van der Waals surface area contributed by atoms with Crippen LogP contribution >= 0.6 is 0 Å². The summed E-state index contributed by atoms with van der Waals surface area (Å²) in [6.45, 7) is 14.1. The molecule has 0 aromatic heterocycles. The highest BCUT2D eigenvalue weighted by Crippen LogP contribution is 2.36. The maximum Gasteiger partial charge on any atom is 0.191 e. The van der Waals surface area contributed by atoms with E-state index >= 15 is 0 Å². The maximum absolute atomic E-state index is 6.23. The largest absolute Gasteiger partial charge is 0.417 e. The summed E-state index contributed by atoms with van der Waals surface area (Å²) in [5, 5.41) is 0.232. The van der Waals surface area contributed by atoms with Crippen LogP contribution in [0.25, 0.3) is 0 Å². The van der Waals surface area contributed by atoms with Crippen molar-refractivity contribution in [1.29, 1.82) is 0 Å². The monoisotopic (exact) mass is 361 g/mol. The van der Waals surface area contributed by atoms with Gasteiger partial charge in [-0.15, -0.1) is 0 Å². The summed E-state index contributed by atoms with van der Waals surface area (Å²) in [6, 6.07) is 10.3. The number of amidine groups is 1. The predicted molar refractivity (Wildman–Crippen MR) is 112 cm³/mol. The maximum atomic E-state index is 6.23. The van der Waals surface area contributed by atoms with Gasteiger partial charge in [-0.3, -0.25) is 9.98 Å². The smallest absolute Gasteiger partial charge is 0.191 e. The highest BCUT2D eigenvalue weighted by atomic mass is 28.4. The Hall–Kier alpha value is -1.46. The van der Waals surface area contributed by atoms with Crippen LogP contribution in [0, 0.1) is 0 Å². The number of nitrogens with two attached hydrogens (primary N) is 1. The second-order valence-corrected chi connectivity index (χ2v) is 12.9. The van der Waals surface area contributed by atoms with E-state index in [1.807, 2.05) is 18.2 Å². The Balaban J connectivity index is 2.59. The van der Waals surface area contributed by atoms with E-state index in [1.54, 1.807) is 7.05 Å². The first-order valence-corrected chi connectivity index (χ1v) is 11.9. The van der Waals surface area contributed by atoms with Gasteiger partial charge in [0.25, 0.3) is 0 Å². The van der Waals surface area contributed by atoms with Gasteiger partial charge in [-0.25, -0.2) is 0 Å². The second-order valence-electron chi connectivity index (χ2n) is 8.09. The molecule has 0 saturated heterocycles. The molecule has 1 atom stereocenters. The quantitative estimate of drug-likeness (QED) is 0.422. The van der Waals surface area contributed by atoms with Crippen LogP contribution in [0.3, 0.4) is 0 Å². The topological polar surface area (TPSA) is 60.0 Å². The molecule has 0 aliphatic carbocycles. The van der Waals surface area contributed by atoms with Gasteiger partial charge in [0.05, 0.1) is 11.8 Å². The molecule has 2 N–H and O–H groups in total. The van der Waals surface area contributed by atoms with E-state index in [2.05, 4.69) is 62.9 Å². The fourth-order valence-corrected chi connectivity index (χ4v) is 3.21. The van der Waals surface area contributed by atoms with Crippen LogP contribution in [-0.4, -0.2) is 39.6 Å². The fourth-order valence-electron chi connectivity index (χ4n) is 2.15. The van der Waals surface area contributed by atoms with E-state index in [0.717, 1.165) is 18.7 Å². The minimum absolute atomic E-state index is 0.122. The molecule has 0 heterocycles. The van der Waals surface area contributed by atoms with Crippen LogP contribution in [0.1, 0.15) is 39.7 Å². The van der Waals surface area contributed by atoms with Crippen molar-refractivity contribution in [3.8, 4) is 0 Å². The third-order valence-electron chi connectivity index (χ3n) is 4.94. The van der Waals surface area contributed by atoms with Gasteiger partial charge in [0.15, 0.2) is 8.32 Å². The van der Waals surface area contributed by atoms with E-state index in [4.69, 9.17) is 10.2 Å².